The summed E-state index contributed by atoms with van der Waals surface area (Å²) in [5.74, 6) is -0.254. The molecule has 1 aromatic heterocycles. The number of halogens is 2. The first-order chi connectivity index (χ1) is 15.1. The highest BCUT2D eigenvalue weighted by Crippen LogP contribution is 2.27. The van der Waals surface area contributed by atoms with E-state index in [0.29, 0.717) is 30.1 Å². The summed E-state index contributed by atoms with van der Waals surface area (Å²) in [5.41, 5.74) is 3.31. The topological polar surface area (TPSA) is 45.2 Å². The summed E-state index contributed by atoms with van der Waals surface area (Å²) in [5, 5.41) is 2.80. The number of pyridine rings is 1. The predicted octanol–water partition coefficient (Wildman–Crippen LogP) is 4.77. The molecule has 0 aliphatic carbocycles. The van der Waals surface area contributed by atoms with E-state index in [1.165, 1.54) is 18.2 Å². The van der Waals surface area contributed by atoms with E-state index in [1.807, 2.05) is 24.4 Å². The van der Waals surface area contributed by atoms with E-state index in [1.54, 1.807) is 24.3 Å². The number of piperidine rings is 1. The molecular weight excluding hydrogens is 396 g/mol. The molecule has 1 saturated heterocycles. The lowest BCUT2D eigenvalue weighted by Crippen LogP contribution is -2.38. The summed E-state index contributed by atoms with van der Waals surface area (Å²) in [6.45, 7) is 1.96. The Morgan fingerprint density at radius 3 is 2.42 bits per heavy atom. The Labute approximate surface area is 180 Å². The van der Waals surface area contributed by atoms with Crippen molar-refractivity contribution in [1.82, 2.24) is 9.88 Å². The minimum absolute atomic E-state index is 0.0966. The Bertz CT molecular complexity index is 1010. The van der Waals surface area contributed by atoms with Gasteiger partial charge in [0.2, 0.25) is 5.91 Å². The SMILES string of the molecule is O=C(CN1CCC(c2ccc(Cc3ccccc3F)cn2)CC1)Nc1ccc(F)cc1. The highest BCUT2D eigenvalue weighted by Gasteiger charge is 2.23. The number of benzene rings is 2. The fourth-order valence-corrected chi connectivity index (χ4v) is 3.97. The van der Waals surface area contributed by atoms with Gasteiger partial charge < -0.3 is 5.32 Å². The van der Waals surface area contributed by atoms with Gasteiger partial charge >= 0.3 is 0 Å². The summed E-state index contributed by atoms with van der Waals surface area (Å²) in [6.07, 6.45) is 4.23. The van der Waals surface area contributed by atoms with Crippen LogP contribution in [-0.4, -0.2) is 35.4 Å². The number of nitrogens with zero attached hydrogens (tertiary/aromatic N) is 2. The maximum Gasteiger partial charge on any atom is 0.238 e. The van der Waals surface area contributed by atoms with Crippen molar-refractivity contribution >= 4 is 11.6 Å². The first-order valence-electron chi connectivity index (χ1n) is 10.5. The molecule has 0 radical (unpaired) electrons. The highest BCUT2D eigenvalue weighted by atomic mass is 19.1. The van der Waals surface area contributed by atoms with Crippen LogP contribution in [0.25, 0.3) is 0 Å². The molecule has 1 aliphatic heterocycles. The largest absolute Gasteiger partial charge is 0.325 e. The number of likely N-dealkylation sites (tertiary alicyclic amines) is 1. The van der Waals surface area contributed by atoms with Crippen LogP contribution in [0, 0.1) is 11.6 Å². The van der Waals surface area contributed by atoms with Crippen LogP contribution in [0.15, 0.2) is 66.9 Å². The predicted molar refractivity (Wildman–Crippen MR) is 117 cm³/mol. The number of anilines is 1. The van der Waals surface area contributed by atoms with Crippen LogP contribution in [0.5, 0.6) is 0 Å². The van der Waals surface area contributed by atoms with E-state index in [0.717, 1.165) is 37.2 Å². The normalized spacial score (nSPS) is 15.0. The van der Waals surface area contributed by atoms with Gasteiger partial charge in [-0.25, -0.2) is 8.78 Å². The van der Waals surface area contributed by atoms with Gasteiger partial charge in [0.1, 0.15) is 11.6 Å². The second-order valence-corrected chi connectivity index (χ2v) is 7.96. The van der Waals surface area contributed by atoms with Gasteiger partial charge in [-0.1, -0.05) is 24.3 Å². The number of carbonyl (C=O) groups is 1. The van der Waals surface area contributed by atoms with E-state index < -0.39 is 0 Å². The molecule has 2 aromatic carbocycles. The molecule has 1 fully saturated rings. The fraction of sp³-hybridized carbons (Fsp3) is 0.280. The zero-order valence-corrected chi connectivity index (χ0v) is 17.2. The molecule has 0 bridgehead atoms. The molecule has 0 unspecified atom stereocenters. The molecule has 1 aliphatic rings. The fourth-order valence-electron chi connectivity index (χ4n) is 3.97. The van der Waals surface area contributed by atoms with Crippen molar-refractivity contribution < 1.29 is 13.6 Å². The van der Waals surface area contributed by atoms with Gasteiger partial charge in [0, 0.05) is 29.9 Å². The molecule has 3 aromatic rings. The van der Waals surface area contributed by atoms with E-state index in [4.69, 9.17) is 0 Å². The maximum absolute atomic E-state index is 13.8. The molecular formula is C25H25F2N3O. The molecule has 0 spiro atoms. The monoisotopic (exact) mass is 421 g/mol. The lowest BCUT2D eigenvalue weighted by molar-refractivity contribution is -0.117. The van der Waals surface area contributed by atoms with Crippen molar-refractivity contribution in [2.45, 2.75) is 25.2 Å². The molecule has 2 heterocycles. The number of aromatic nitrogens is 1. The standard InChI is InChI=1S/C25H25F2N3O/c26-21-6-8-22(9-7-21)29-25(31)17-30-13-11-19(12-14-30)24-10-5-18(16-28-24)15-20-3-1-2-4-23(20)27/h1-10,16,19H,11-15,17H2,(H,29,31). The van der Waals surface area contributed by atoms with Gasteiger partial charge in [-0.15, -0.1) is 0 Å². The summed E-state index contributed by atoms with van der Waals surface area (Å²) >= 11 is 0. The molecule has 0 atom stereocenters. The van der Waals surface area contributed by atoms with Crippen LogP contribution in [-0.2, 0) is 11.2 Å². The van der Waals surface area contributed by atoms with Crippen molar-refractivity contribution in [3.8, 4) is 0 Å². The second kappa shape index (κ2) is 9.79. The quantitative estimate of drug-likeness (QED) is 0.624. The molecule has 1 N–H and O–H groups in total. The number of carbonyl (C=O) groups excluding carboxylic acids is 1. The summed E-state index contributed by atoms with van der Waals surface area (Å²) in [4.78, 5) is 19.0. The highest BCUT2D eigenvalue weighted by molar-refractivity contribution is 5.92. The smallest absolute Gasteiger partial charge is 0.238 e. The van der Waals surface area contributed by atoms with E-state index >= 15 is 0 Å². The van der Waals surface area contributed by atoms with Crippen molar-refractivity contribution in [2.24, 2.45) is 0 Å². The zero-order valence-electron chi connectivity index (χ0n) is 17.2. The van der Waals surface area contributed by atoms with Gasteiger partial charge in [-0.3, -0.25) is 14.7 Å². The van der Waals surface area contributed by atoms with Crippen LogP contribution < -0.4 is 5.32 Å². The zero-order chi connectivity index (χ0) is 21.6. The van der Waals surface area contributed by atoms with Gasteiger partial charge in [0.25, 0.3) is 0 Å². The van der Waals surface area contributed by atoms with Crippen LogP contribution in [0.4, 0.5) is 14.5 Å². The van der Waals surface area contributed by atoms with Crippen LogP contribution in [0.1, 0.15) is 35.6 Å². The third kappa shape index (κ3) is 5.73. The van der Waals surface area contributed by atoms with Crippen LogP contribution in [0.2, 0.25) is 0 Å². The molecule has 4 nitrogen and oxygen atoms in total. The molecule has 1 amide bonds. The molecule has 6 heteroatoms. The Morgan fingerprint density at radius 1 is 1.00 bits per heavy atom. The average molecular weight is 421 g/mol. The molecule has 0 saturated carbocycles. The van der Waals surface area contributed by atoms with Crippen LogP contribution in [0.3, 0.4) is 0 Å². The Balaban J connectivity index is 1.26. The Hall–Kier alpha value is -3.12. The maximum atomic E-state index is 13.8. The summed E-state index contributed by atoms with van der Waals surface area (Å²) in [6, 6.07) is 16.6. The van der Waals surface area contributed by atoms with Gasteiger partial charge in [-0.2, -0.15) is 0 Å². The van der Waals surface area contributed by atoms with Crippen molar-refractivity contribution in [3.63, 3.8) is 0 Å². The van der Waals surface area contributed by atoms with E-state index in [-0.39, 0.29) is 17.5 Å². The molecule has 4 rings (SSSR count). The van der Waals surface area contributed by atoms with Crippen LogP contribution >= 0.6 is 0 Å². The lowest BCUT2D eigenvalue weighted by atomic mass is 9.92. The minimum atomic E-state index is -0.325. The number of amides is 1. The Morgan fingerprint density at radius 2 is 1.74 bits per heavy atom. The number of hydrogen-bond donors (Lipinski definition) is 1. The van der Waals surface area contributed by atoms with E-state index in [2.05, 4.69) is 15.2 Å². The minimum Gasteiger partial charge on any atom is -0.325 e. The number of hydrogen-bond acceptors (Lipinski definition) is 3. The third-order valence-electron chi connectivity index (χ3n) is 5.70. The Kier molecular flexibility index (Phi) is 6.67. The third-order valence-corrected chi connectivity index (χ3v) is 5.70. The first-order valence-corrected chi connectivity index (χ1v) is 10.5. The summed E-state index contributed by atoms with van der Waals surface area (Å²) < 4.78 is 26.8. The van der Waals surface area contributed by atoms with Gasteiger partial charge in [0.05, 0.1) is 6.54 Å². The number of nitrogens with one attached hydrogen (secondary N) is 1. The first kappa shape index (κ1) is 21.1. The average Bonchev–Trinajstić information content (AvgIpc) is 2.78. The lowest BCUT2D eigenvalue weighted by Gasteiger charge is -2.31. The van der Waals surface area contributed by atoms with E-state index in [9.17, 15) is 13.6 Å². The van der Waals surface area contributed by atoms with Crippen molar-refractivity contribution in [3.05, 3.63) is 95.3 Å². The summed E-state index contributed by atoms with van der Waals surface area (Å²) in [7, 11) is 0. The second-order valence-electron chi connectivity index (χ2n) is 7.96. The molecule has 31 heavy (non-hydrogen) atoms. The van der Waals surface area contributed by atoms with Gasteiger partial charge in [-0.05, 0) is 73.5 Å². The van der Waals surface area contributed by atoms with Crippen molar-refractivity contribution in [1.29, 1.82) is 0 Å². The molecule has 160 valence electrons. The van der Waals surface area contributed by atoms with Crippen molar-refractivity contribution in [2.75, 3.05) is 25.0 Å². The number of rotatable bonds is 6. The van der Waals surface area contributed by atoms with Gasteiger partial charge in [0.15, 0.2) is 0 Å².